The average molecular weight is 347 g/mol. The van der Waals surface area contributed by atoms with Crippen LogP contribution in [0.15, 0.2) is 30.3 Å². The standard InChI is InChI=1S/C18H21NO4S/c1-22-17(20)8-9-19(12-14-6-4-10-23-14)18(21)16-11-13-5-2-3-7-15(13)24-16/h2-3,5,7,11,14H,4,6,8-10,12H2,1H3. The Kier molecular flexibility index (Phi) is 5.48. The molecule has 0 bridgehead atoms. The van der Waals surface area contributed by atoms with Gasteiger partial charge < -0.3 is 14.4 Å². The van der Waals surface area contributed by atoms with E-state index in [9.17, 15) is 9.59 Å². The largest absolute Gasteiger partial charge is 0.469 e. The van der Waals surface area contributed by atoms with Crippen LogP contribution in [0.25, 0.3) is 10.1 Å². The van der Waals surface area contributed by atoms with Gasteiger partial charge in [0.1, 0.15) is 0 Å². The lowest BCUT2D eigenvalue weighted by molar-refractivity contribution is -0.140. The first-order valence-corrected chi connectivity index (χ1v) is 8.95. The van der Waals surface area contributed by atoms with Gasteiger partial charge >= 0.3 is 5.97 Å². The van der Waals surface area contributed by atoms with Crippen LogP contribution in [0.4, 0.5) is 0 Å². The summed E-state index contributed by atoms with van der Waals surface area (Å²) < 4.78 is 11.4. The maximum Gasteiger partial charge on any atom is 0.307 e. The average Bonchev–Trinajstić information content (AvgIpc) is 3.26. The summed E-state index contributed by atoms with van der Waals surface area (Å²) in [5.74, 6) is -0.355. The van der Waals surface area contributed by atoms with Gasteiger partial charge in [-0.25, -0.2) is 0 Å². The van der Waals surface area contributed by atoms with Gasteiger partial charge in [0.25, 0.3) is 5.91 Å². The summed E-state index contributed by atoms with van der Waals surface area (Å²) in [7, 11) is 1.36. The molecule has 1 aromatic heterocycles. The van der Waals surface area contributed by atoms with Crippen LogP contribution in [0, 0.1) is 0 Å². The van der Waals surface area contributed by atoms with E-state index in [-0.39, 0.29) is 24.4 Å². The second-order valence-electron chi connectivity index (χ2n) is 5.86. The third-order valence-corrected chi connectivity index (χ3v) is 5.29. The number of benzene rings is 1. The number of nitrogens with zero attached hydrogens (tertiary/aromatic N) is 1. The summed E-state index contributed by atoms with van der Waals surface area (Å²) in [5.41, 5.74) is 0. The zero-order valence-electron chi connectivity index (χ0n) is 13.7. The monoisotopic (exact) mass is 347 g/mol. The first kappa shape index (κ1) is 16.9. The Balaban J connectivity index is 1.76. The van der Waals surface area contributed by atoms with Gasteiger partial charge in [0.15, 0.2) is 0 Å². The first-order chi connectivity index (χ1) is 11.7. The number of methoxy groups -OCH3 is 1. The molecule has 0 N–H and O–H groups in total. The summed E-state index contributed by atoms with van der Waals surface area (Å²) in [6.07, 6.45) is 2.22. The number of amides is 1. The van der Waals surface area contributed by atoms with E-state index >= 15 is 0 Å². The van der Waals surface area contributed by atoms with Gasteiger partial charge in [-0.05, 0) is 30.4 Å². The lowest BCUT2D eigenvalue weighted by Crippen LogP contribution is -2.38. The van der Waals surface area contributed by atoms with E-state index in [2.05, 4.69) is 0 Å². The van der Waals surface area contributed by atoms with E-state index in [0.717, 1.165) is 29.5 Å². The minimum absolute atomic E-state index is 0.0457. The number of ether oxygens (including phenoxy) is 2. The number of carbonyl (C=O) groups excluding carboxylic acids is 2. The van der Waals surface area contributed by atoms with E-state index in [4.69, 9.17) is 9.47 Å². The van der Waals surface area contributed by atoms with Crippen molar-refractivity contribution in [1.82, 2.24) is 4.90 Å². The zero-order valence-corrected chi connectivity index (χ0v) is 14.5. The lowest BCUT2D eigenvalue weighted by atomic mass is 10.2. The van der Waals surface area contributed by atoms with Crippen LogP contribution in [0.2, 0.25) is 0 Å². The van der Waals surface area contributed by atoms with Crippen molar-refractivity contribution in [3.63, 3.8) is 0 Å². The van der Waals surface area contributed by atoms with Crippen molar-refractivity contribution in [2.24, 2.45) is 0 Å². The number of hydrogen-bond donors (Lipinski definition) is 0. The van der Waals surface area contributed by atoms with Gasteiger partial charge in [0, 0.05) is 24.4 Å². The fourth-order valence-corrected chi connectivity index (χ4v) is 3.91. The Morgan fingerprint density at radius 2 is 2.21 bits per heavy atom. The molecular formula is C18H21NO4S. The van der Waals surface area contributed by atoms with Crippen molar-refractivity contribution in [2.75, 3.05) is 26.8 Å². The lowest BCUT2D eigenvalue weighted by Gasteiger charge is -2.24. The van der Waals surface area contributed by atoms with Crippen LogP contribution in [0.5, 0.6) is 0 Å². The molecule has 0 spiro atoms. The quantitative estimate of drug-likeness (QED) is 0.754. The Labute approximate surface area is 145 Å². The van der Waals surface area contributed by atoms with E-state index in [1.165, 1.54) is 18.4 Å². The highest BCUT2D eigenvalue weighted by molar-refractivity contribution is 7.20. The third-order valence-electron chi connectivity index (χ3n) is 4.19. The Morgan fingerprint density at radius 3 is 2.92 bits per heavy atom. The molecule has 6 heteroatoms. The van der Waals surface area contributed by atoms with Gasteiger partial charge in [-0.1, -0.05) is 18.2 Å². The van der Waals surface area contributed by atoms with Gasteiger partial charge in [0.05, 0.1) is 24.5 Å². The molecule has 2 heterocycles. The van der Waals surface area contributed by atoms with Crippen LogP contribution in [-0.2, 0) is 14.3 Å². The van der Waals surface area contributed by atoms with E-state index in [1.54, 1.807) is 4.90 Å². The minimum atomic E-state index is -0.309. The highest BCUT2D eigenvalue weighted by Gasteiger charge is 2.25. The highest BCUT2D eigenvalue weighted by Crippen LogP contribution is 2.27. The fraction of sp³-hybridized carbons (Fsp3) is 0.444. The van der Waals surface area contributed by atoms with Crippen LogP contribution >= 0.6 is 11.3 Å². The molecular weight excluding hydrogens is 326 g/mol. The molecule has 3 rings (SSSR count). The molecule has 1 aliphatic heterocycles. The number of esters is 1. The van der Waals surface area contributed by atoms with Crippen molar-refractivity contribution in [1.29, 1.82) is 0 Å². The van der Waals surface area contributed by atoms with Crippen LogP contribution in [0.3, 0.4) is 0 Å². The van der Waals surface area contributed by atoms with Crippen molar-refractivity contribution < 1.29 is 19.1 Å². The summed E-state index contributed by atoms with van der Waals surface area (Å²) in [5, 5.41) is 1.07. The molecule has 0 aliphatic carbocycles. The molecule has 0 saturated carbocycles. The van der Waals surface area contributed by atoms with Crippen LogP contribution < -0.4 is 0 Å². The SMILES string of the molecule is COC(=O)CCN(CC1CCCO1)C(=O)c1cc2ccccc2s1. The number of fused-ring (bicyclic) bond motifs is 1. The molecule has 1 saturated heterocycles. The molecule has 1 aliphatic rings. The van der Waals surface area contributed by atoms with E-state index in [1.807, 2.05) is 30.3 Å². The van der Waals surface area contributed by atoms with Crippen molar-refractivity contribution in [3.05, 3.63) is 35.2 Å². The molecule has 2 aromatic rings. The zero-order chi connectivity index (χ0) is 16.9. The molecule has 128 valence electrons. The number of rotatable bonds is 6. The topological polar surface area (TPSA) is 55.8 Å². The second kappa shape index (κ2) is 7.77. The molecule has 1 fully saturated rings. The predicted molar refractivity (Wildman–Crippen MR) is 93.3 cm³/mol. The predicted octanol–water partition coefficient (Wildman–Crippen LogP) is 3.09. The third kappa shape index (κ3) is 3.94. The molecule has 1 amide bonds. The summed E-state index contributed by atoms with van der Waals surface area (Å²) in [4.78, 5) is 26.8. The van der Waals surface area contributed by atoms with Crippen molar-refractivity contribution in [2.45, 2.75) is 25.4 Å². The van der Waals surface area contributed by atoms with E-state index < -0.39 is 0 Å². The maximum absolute atomic E-state index is 12.9. The normalized spacial score (nSPS) is 17.1. The van der Waals surface area contributed by atoms with Crippen LogP contribution in [0.1, 0.15) is 28.9 Å². The number of hydrogen-bond acceptors (Lipinski definition) is 5. The number of carbonyl (C=O) groups is 2. The molecule has 1 atom stereocenters. The van der Waals surface area contributed by atoms with Gasteiger partial charge in [-0.3, -0.25) is 9.59 Å². The van der Waals surface area contributed by atoms with E-state index in [0.29, 0.717) is 18.0 Å². The smallest absolute Gasteiger partial charge is 0.307 e. The number of thiophene rings is 1. The minimum Gasteiger partial charge on any atom is -0.469 e. The van der Waals surface area contributed by atoms with Gasteiger partial charge in [0.2, 0.25) is 0 Å². The van der Waals surface area contributed by atoms with Crippen molar-refractivity contribution in [3.8, 4) is 0 Å². The molecule has 5 nitrogen and oxygen atoms in total. The Bertz CT molecular complexity index is 688. The molecule has 24 heavy (non-hydrogen) atoms. The fourth-order valence-electron chi connectivity index (χ4n) is 2.88. The van der Waals surface area contributed by atoms with Gasteiger partial charge in [-0.15, -0.1) is 11.3 Å². The second-order valence-corrected chi connectivity index (χ2v) is 6.94. The van der Waals surface area contributed by atoms with Gasteiger partial charge in [-0.2, -0.15) is 0 Å². The highest BCUT2D eigenvalue weighted by atomic mass is 32.1. The first-order valence-electron chi connectivity index (χ1n) is 8.13. The van der Waals surface area contributed by atoms with Crippen LogP contribution in [-0.4, -0.2) is 49.7 Å². The summed E-state index contributed by atoms with van der Waals surface area (Å²) in [6.45, 7) is 1.61. The Hall–Kier alpha value is -1.92. The molecule has 1 aromatic carbocycles. The molecule has 0 radical (unpaired) electrons. The maximum atomic E-state index is 12.9. The van der Waals surface area contributed by atoms with Crippen molar-refractivity contribution >= 4 is 33.3 Å². The summed E-state index contributed by atoms with van der Waals surface area (Å²) >= 11 is 1.48. The molecule has 1 unspecified atom stereocenters. The summed E-state index contributed by atoms with van der Waals surface area (Å²) in [6, 6.07) is 9.86. The Morgan fingerprint density at radius 1 is 1.38 bits per heavy atom.